The molecule has 1 heterocycles. The van der Waals surface area contributed by atoms with E-state index in [9.17, 15) is 17.6 Å². The van der Waals surface area contributed by atoms with Gasteiger partial charge in [-0.3, -0.25) is 4.79 Å². The molecule has 1 fully saturated rings. The Morgan fingerprint density at radius 2 is 1.77 bits per heavy atom. The fraction of sp³-hybridized carbons (Fsp3) is 0.316. The number of nitrogens with zero attached hydrogens (tertiary/aromatic N) is 1. The molecule has 3 rings (SSSR count). The summed E-state index contributed by atoms with van der Waals surface area (Å²) < 4.78 is 44.0. The van der Waals surface area contributed by atoms with Crippen LogP contribution in [0.1, 0.15) is 17.2 Å². The number of halogens is 1. The molecule has 0 spiro atoms. The third kappa shape index (κ3) is 4.22. The fourth-order valence-corrected chi connectivity index (χ4v) is 4.82. The summed E-state index contributed by atoms with van der Waals surface area (Å²) in [4.78, 5) is 13.8. The van der Waals surface area contributed by atoms with Crippen LogP contribution in [0.3, 0.4) is 0 Å². The van der Waals surface area contributed by atoms with Crippen molar-refractivity contribution in [2.45, 2.75) is 11.7 Å². The monoisotopic (exact) mass is 377 g/mol. The van der Waals surface area contributed by atoms with Gasteiger partial charge >= 0.3 is 0 Å². The predicted octanol–water partition coefficient (Wildman–Crippen LogP) is 2.59. The van der Waals surface area contributed by atoms with E-state index in [1.54, 1.807) is 30.3 Å². The van der Waals surface area contributed by atoms with Crippen LogP contribution in [0, 0.1) is 5.82 Å². The SMILES string of the molecule is O=C(COc1ccccc1F)N1CCC(c2ccccc2)S(=O)(=O)CC1. The fourth-order valence-electron chi connectivity index (χ4n) is 3.03. The molecule has 0 saturated carbocycles. The highest BCUT2D eigenvalue weighted by atomic mass is 32.2. The summed E-state index contributed by atoms with van der Waals surface area (Å²) in [5, 5.41) is -0.617. The first-order valence-electron chi connectivity index (χ1n) is 8.39. The van der Waals surface area contributed by atoms with E-state index in [1.165, 1.54) is 23.1 Å². The predicted molar refractivity (Wildman–Crippen MR) is 96.1 cm³/mol. The number of hydrogen-bond acceptors (Lipinski definition) is 4. The molecule has 138 valence electrons. The summed E-state index contributed by atoms with van der Waals surface area (Å²) in [6, 6.07) is 14.9. The van der Waals surface area contributed by atoms with E-state index in [-0.39, 0.29) is 30.6 Å². The van der Waals surface area contributed by atoms with Crippen LogP contribution in [0.5, 0.6) is 5.75 Å². The highest BCUT2D eigenvalue weighted by Crippen LogP contribution is 2.29. The van der Waals surface area contributed by atoms with E-state index < -0.39 is 20.9 Å². The zero-order chi connectivity index (χ0) is 18.6. The molecule has 1 saturated heterocycles. The first-order valence-corrected chi connectivity index (χ1v) is 10.1. The smallest absolute Gasteiger partial charge is 0.260 e. The van der Waals surface area contributed by atoms with Crippen molar-refractivity contribution in [3.63, 3.8) is 0 Å². The molecule has 1 unspecified atom stereocenters. The van der Waals surface area contributed by atoms with E-state index in [2.05, 4.69) is 0 Å². The summed E-state index contributed by atoms with van der Waals surface area (Å²) in [6.45, 7) is 0.111. The lowest BCUT2D eigenvalue weighted by atomic mass is 10.1. The van der Waals surface area contributed by atoms with Crippen molar-refractivity contribution in [1.29, 1.82) is 0 Å². The third-order valence-corrected chi connectivity index (χ3v) is 6.58. The minimum atomic E-state index is -3.35. The lowest BCUT2D eigenvalue weighted by Crippen LogP contribution is -2.37. The quantitative estimate of drug-likeness (QED) is 0.822. The Balaban J connectivity index is 1.66. The molecule has 0 bridgehead atoms. The van der Waals surface area contributed by atoms with Gasteiger partial charge in [0.1, 0.15) is 0 Å². The lowest BCUT2D eigenvalue weighted by molar-refractivity contribution is -0.133. The molecule has 0 radical (unpaired) electrons. The van der Waals surface area contributed by atoms with E-state index in [0.29, 0.717) is 13.0 Å². The highest BCUT2D eigenvalue weighted by molar-refractivity contribution is 7.91. The Morgan fingerprint density at radius 1 is 1.08 bits per heavy atom. The third-order valence-electron chi connectivity index (χ3n) is 4.45. The number of sulfone groups is 1. The number of amides is 1. The molecule has 7 heteroatoms. The standard InChI is InChI=1S/C19H20FNO4S/c20-16-8-4-5-9-17(16)25-14-19(22)21-11-10-18(26(23,24)13-12-21)15-6-2-1-3-7-15/h1-9,18H,10-14H2. The van der Waals surface area contributed by atoms with Gasteiger partial charge in [0.15, 0.2) is 28.0 Å². The van der Waals surface area contributed by atoms with Crippen LogP contribution in [0.4, 0.5) is 4.39 Å². The summed E-state index contributed by atoms with van der Waals surface area (Å²) in [5.41, 5.74) is 0.740. The van der Waals surface area contributed by atoms with Gasteiger partial charge in [-0.15, -0.1) is 0 Å². The molecule has 1 atom stereocenters. The number of para-hydroxylation sites is 1. The number of carbonyl (C=O) groups is 1. The maximum atomic E-state index is 13.6. The molecule has 2 aromatic rings. The molecule has 0 N–H and O–H groups in total. The maximum absolute atomic E-state index is 13.6. The number of rotatable bonds is 4. The van der Waals surface area contributed by atoms with Crippen LogP contribution in [0.25, 0.3) is 0 Å². The second-order valence-electron chi connectivity index (χ2n) is 6.15. The van der Waals surface area contributed by atoms with Crippen LogP contribution >= 0.6 is 0 Å². The Hall–Kier alpha value is -2.41. The number of hydrogen-bond donors (Lipinski definition) is 0. The van der Waals surface area contributed by atoms with E-state index >= 15 is 0 Å². The number of benzene rings is 2. The van der Waals surface area contributed by atoms with Gasteiger partial charge < -0.3 is 9.64 Å². The largest absolute Gasteiger partial charge is 0.481 e. The van der Waals surface area contributed by atoms with Crippen molar-refractivity contribution in [1.82, 2.24) is 4.90 Å². The van der Waals surface area contributed by atoms with Crippen molar-refractivity contribution in [2.75, 3.05) is 25.4 Å². The minimum absolute atomic E-state index is 0.00505. The molecule has 1 aliphatic heterocycles. The van der Waals surface area contributed by atoms with Crippen LogP contribution < -0.4 is 4.74 Å². The average molecular weight is 377 g/mol. The summed E-state index contributed by atoms with van der Waals surface area (Å²) in [6.07, 6.45) is 0.331. The first kappa shape index (κ1) is 18.4. The van der Waals surface area contributed by atoms with Gasteiger partial charge in [0, 0.05) is 13.1 Å². The minimum Gasteiger partial charge on any atom is -0.481 e. The second kappa shape index (κ2) is 7.86. The normalized spacial score (nSPS) is 19.6. The Kier molecular flexibility index (Phi) is 5.56. The highest BCUT2D eigenvalue weighted by Gasteiger charge is 2.32. The van der Waals surface area contributed by atoms with Crippen molar-refractivity contribution < 1.29 is 22.3 Å². The molecule has 0 aromatic heterocycles. The van der Waals surface area contributed by atoms with Gasteiger partial charge in [0.25, 0.3) is 5.91 Å². The zero-order valence-corrected chi connectivity index (χ0v) is 15.0. The van der Waals surface area contributed by atoms with Crippen molar-refractivity contribution >= 4 is 15.7 Å². The lowest BCUT2D eigenvalue weighted by Gasteiger charge is -2.20. The number of carbonyl (C=O) groups excluding carboxylic acids is 1. The first-order chi connectivity index (χ1) is 12.5. The van der Waals surface area contributed by atoms with Crippen molar-refractivity contribution in [2.24, 2.45) is 0 Å². The van der Waals surface area contributed by atoms with Gasteiger partial charge in [0.05, 0.1) is 11.0 Å². The Labute approximate surface area is 152 Å². The average Bonchev–Trinajstić information content (AvgIpc) is 2.79. The van der Waals surface area contributed by atoms with Crippen LogP contribution in [0.2, 0.25) is 0 Å². The van der Waals surface area contributed by atoms with E-state index in [0.717, 1.165) is 5.56 Å². The summed E-state index contributed by atoms with van der Waals surface area (Å²) in [7, 11) is -3.35. The van der Waals surface area contributed by atoms with Gasteiger partial charge in [-0.05, 0) is 24.1 Å². The van der Waals surface area contributed by atoms with Crippen LogP contribution in [0.15, 0.2) is 54.6 Å². The molecule has 1 aliphatic rings. The molecule has 5 nitrogen and oxygen atoms in total. The van der Waals surface area contributed by atoms with Gasteiger partial charge in [-0.2, -0.15) is 0 Å². The molecule has 2 aromatic carbocycles. The Morgan fingerprint density at radius 3 is 2.50 bits per heavy atom. The molecule has 1 amide bonds. The number of ether oxygens (including phenoxy) is 1. The van der Waals surface area contributed by atoms with Crippen molar-refractivity contribution in [3.8, 4) is 5.75 Å². The zero-order valence-electron chi connectivity index (χ0n) is 14.2. The van der Waals surface area contributed by atoms with Gasteiger partial charge in [0.2, 0.25) is 0 Å². The molecule has 0 aliphatic carbocycles. The van der Waals surface area contributed by atoms with E-state index in [4.69, 9.17) is 4.74 Å². The van der Waals surface area contributed by atoms with Gasteiger partial charge in [-0.25, -0.2) is 12.8 Å². The van der Waals surface area contributed by atoms with Crippen LogP contribution in [-0.2, 0) is 14.6 Å². The molecular formula is C19H20FNO4S. The summed E-state index contributed by atoms with van der Waals surface area (Å²) >= 11 is 0. The maximum Gasteiger partial charge on any atom is 0.260 e. The van der Waals surface area contributed by atoms with E-state index in [1.807, 2.05) is 6.07 Å². The second-order valence-corrected chi connectivity index (χ2v) is 8.46. The summed E-state index contributed by atoms with van der Waals surface area (Å²) in [5.74, 6) is -0.983. The molecule has 26 heavy (non-hydrogen) atoms. The Bertz CT molecular complexity index is 870. The van der Waals surface area contributed by atoms with Crippen LogP contribution in [-0.4, -0.2) is 44.7 Å². The topological polar surface area (TPSA) is 63.7 Å². The van der Waals surface area contributed by atoms with Crippen molar-refractivity contribution in [3.05, 3.63) is 66.0 Å². The van der Waals surface area contributed by atoms with Gasteiger partial charge in [-0.1, -0.05) is 42.5 Å². The molecular weight excluding hydrogens is 357 g/mol.